The average molecular weight is 348 g/mol. The van der Waals surface area contributed by atoms with E-state index in [-0.39, 0.29) is 11.9 Å². The average Bonchev–Trinajstić information content (AvgIpc) is 2.45. The Bertz CT molecular complexity index is 390. The monoisotopic (exact) mass is 347 g/mol. The molecular weight excluding hydrogens is 325 g/mol. The molecule has 0 bridgehead atoms. The summed E-state index contributed by atoms with van der Waals surface area (Å²) in [6.07, 6.45) is 1.74. The van der Waals surface area contributed by atoms with Gasteiger partial charge in [0, 0.05) is 25.3 Å². The minimum Gasteiger partial charge on any atom is -0.382 e. The van der Waals surface area contributed by atoms with Crippen molar-refractivity contribution in [1.29, 1.82) is 0 Å². The molecule has 1 aromatic rings. The summed E-state index contributed by atoms with van der Waals surface area (Å²) in [5.41, 5.74) is 0.683. The summed E-state index contributed by atoms with van der Waals surface area (Å²) in [7, 11) is 1.64. The molecule has 0 amide bonds. The van der Waals surface area contributed by atoms with Gasteiger partial charge in [0.05, 0.1) is 17.7 Å². The molecule has 114 valence electrons. The zero-order valence-corrected chi connectivity index (χ0v) is 13.7. The number of rotatable bonds is 10. The molecule has 20 heavy (non-hydrogen) atoms. The Morgan fingerprint density at radius 2 is 2.10 bits per heavy atom. The van der Waals surface area contributed by atoms with E-state index < -0.39 is 0 Å². The Morgan fingerprint density at radius 3 is 2.80 bits per heavy atom. The maximum absolute atomic E-state index is 14.2. The molecule has 0 fully saturated rings. The zero-order valence-electron chi connectivity index (χ0n) is 12.1. The summed E-state index contributed by atoms with van der Waals surface area (Å²) in [6, 6.07) is 5.36. The summed E-state index contributed by atoms with van der Waals surface area (Å²) in [5, 5.41) is 3.37. The van der Waals surface area contributed by atoms with Crippen LogP contribution in [0, 0.1) is 5.82 Å². The van der Waals surface area contributed by atoms with Crippen molar-refractivity contribution in [2.24, 2.45) is 0 Å². The van der Waals surface area contributed by atoms with Crippen LogP contribution in [0.5, 0.6) is 0 Å². The third kappa shape index (κ3) is 5.87. The quantitative estimate of drug-likeness (QED) is 0.655. The van der Waals surface area contributed by atoms with E-state index >= 15 is 0 Å². The molecule has 0 aliphatic carbocycles. The van der Waals surface area contributed by atoms with Gasteiger partial charge in [-0.05, 0) is 41.4 Å². The lowest BCUT2D eigenvalue weighted by atomic mass is 10.0. The van der Waals surface area contributed by atoms with Crippen LogP contribution >= 0.6 is 15.9 Å². The van der Waals surface area contributed by atoms with Crippen molar-refractivity contribution in [3.05, 3.63) is 34.1 Å². The SMILES string of the molecule is CCCNC(CCOCCOC)c1cccc(Br)c1F. The summed E-state index contributed by atoms with van der Waals surface area (Å²) >= 11 is 3.23. The van der Waals surface area contributed by atoms with Gasteiger partial charge in [0.1, 0.15) is 5.82 Å². The van der Waals surface area contributed by atoms with Crippen LogP contribution in [0.25, 0.3) is 0 Å². The maximum Gasteiger partial charge on any atom is 0.142 e. The second-order valence-corrected chi connectivity index (χ2v) is 5.40. The molecule has 1 atom stereocenters. The van der Waals surface area contributed by atoms with E-state index in [0.717, 1.165) is 19.4 Å². The molecule has 0 radical (unpaired) electrons. The van der Waals surface area contributed by atoms with Crippen LogP contribution < -0.4 is 5.32 Å². The number of benzene rings is 1. The minimum atomic E-state index is -0.196. The standard InChI is InChI=1S/C15H23BrFNO2/c1-3-8-18-14(7-9-20-11-10-19-2)12-5-4-6-13(16)15(12)17/h4-6,14,18H,3,7-11H2,1-2H3. The van der Waals surface area contributed by atoms with Gasteiger partial charge in [0.25, 0.3) is 0 Å². The second kappa shape index (κ2) is 10.3. The first kappa shape index (κ1) is 17.6. The van der Waals surface area contributed by atoms with Gasteiger partial charge in [0.2, 0.25) is 0 Å². The lowest BCUT2D eigenvalue weighted by Gasteiger charge is -2.20. The van der Waals surface area contributed by atoms with Gasteiger partial charge >= 0.3 is 0 Å². The summed E-state index contributed by atoms with van der Waals surface area (Å²) in [4.78, 5) is 0. The molecule has 0 heterocycles. The summed E-state index contributed by atoms with van der Waals surface area (Å²) in [6.45, 7) is 4.68. The van der Waals surface area contributed by atoms with Crippen LogP contribution in [0.4, 0.5) is 4.39 Å². The van der Waals surface area contributed by atoms with E-state index in [1.54, 1.807) is 13.2 Å². The highest BCUT2D eigenvalue weighted by Gasteiger charge is 2.16. The number of methoxy groups -OCH3 is 1. The number of hydrogen-bond acceptors (Lipinski definition) is 3. The van der Waals surface area contributed by atoms with E-state index in [0.29, 0.717) is 29.9 Å². The van der Waals surface area contributed by atoms with E-state index in [1.165, 1.54) is 0 Å². The fraction of sp³-hybridized carbons (Fsp3) is 0.600. The smallest absolute Gasteiger partial charge is 0.142 e. The molecule has 0 spiro atoms. The van der Waals surface area contributed by atoms with Crippen molar-refractivity contribution >= 4 is 15.9 Å². The normalized spacial score (nSPS) is 12.6. The third-order valence-corrected chi connectivity index (χ3v) is 3.59. The van der Waals surface area contributed by atoms with E-state index in [2.05, 4.69) is 28.2 Å². The van der Waals surface area contributed by atoms with E-state index in [9.17, 15) is 4.39 Å². The van der Waals surface area contributed by atoms with Crippen LogP contribution in [-0.4, -0.2) is 33.5 Å². The predicted molar refractivity (Wildman–Crippen MR) is 82.4 cm³/mol. The van der Waals surface area contributed by atoms with Crippen LogP contribution in [0.2, 0.25) is 0 Å². The van der Waals surface area contributed by atoms with Gasteiger partial charge in [0.15, 0.2) is 0 Å². The van der Waals surface area contributed by atoms with Crippen molar-refractivity contribution in [3.63, 3.8) is 0 Å². The van der Waals surface area contributed by atoms with Gasteiger partial charge in [-0.1, -0.05) is 19.1 Å². The Morgan fingerprint density at radius 1 is 1.30 bits per heavy atom. The first-order valence-corrected chi connectivity index (χ1v) is 7.74. The Kier molecular flexibility index (Phi) is 9.02. The van der Waals surface area contributed by atoms with Crippen molar-refractivity contribution in [1.82, 2.24) is 5.32 Å². The van der Waals surface area contributed by atoms with Crippen molar-refractivity contribution in [2.75, 3.05) is 33.5 Å². The molecule has 0 saturated carbocycles. The van der Waals surface area contributed by atoms with Crippen molar-refractivity contribution < 1.29 is 13.9 Å². The lowest BCUT2D eigenvalue weighted by Crippen LogP contribution is -2.24. The zero-order chi connectivity index (χ0) is 14.8. The van der Waals surface area contributed by atoms with Gasteiger partial charge in [-0.2, -0.15) is 0 Å². The molecule has 1 N–H and O–H groups in total. The largest absolute Gasteiger partial charge is 0.382 e. The van der Waals surface area contributed by atoms with Crippen LogP contribution in [0.15, 0.2) is 22.7 Å². The minimum absolute atomic E-state index is 0.0324. The van der Waals surface area contributed by atoms with Crippen LogP contribution in [0.1, 0.15) is 31.4 Å². The summed E-state index contributed by atoms with van der Waals surface area (Å²) in [5.74, 6) is -0.196. The van der Waals surface area contributed by atoms with Gasteiger partial charge in [-0.15, -0.1) is 0 Å². The molecule has 0 aliphatic heterocycles. The molecule has 1 aromatic carbocycles. The molecule has 0 aromatic heterocycles. The molecule has 1 unspecified atom stereocenters. The van der Waals surface area contributed by atoms with Gasteiger partial charge in [-0.25, -0.2) is 4.39 Å². The van der Waals surface area contributed by atoms with E-state index in [4.69, 9.17) is 9.47 Å². The van der Waals surface area contributed by atoms with Crippen molar-refractivity contribution in [2.45, 2.75) is 25.8 Å². The Labute approximate surface area is 129 Å². The molecule has 3 nitrogen and oxygen atoms in total. The predicted octanol–water partition coefficient (Wildman–Crippen LogP) is 3.68. The Hall–Kier alpha value is -0.490. The first-order valence-electron chi connectivity index (χ1n) is 6.94. The number of nitrogens with one attached hydrogen (secondary N) is 1. The number of hydrogen-bond donors (Lipinski definition) is 1. The number of ether oxygens (including phenoxy) is 2. The molecular formula is C15H23BrFNO2. The lowest BCUT2D eigenvalue weighted by molar-refractivity contribution is 0.0656. The highest BCUT2D eigenvalue weighted by atomic mass is 79.9. The molecule has 1 rings (SSSR count). The molecule has 5 heteroatoms. The second-order valence-electron chi connectivity index (χ2n) is 4.54. The maximum atomic E-state index is 14.2. The third-order valence-electron chi connectivity index (χ3n) is 2.98. The van der Waals surface area contributed by atoms with Crippen LogP contribution in [-0.2, 0) is 9.47 Å². The van der Waals surface area contributed by atoms with Crippen LogP contribution in [0.3, 0.4) is 0 Å². The molecule has 0 saturated heterocycles. The fourth-order valence-corrected chi connectivity index (χ4v) is 2.30. The van der Waals surface area contributed by atoms with Gasteiger partial charge in [-0.3, -0.25) is 0 Å². The topological polar surface area (TPSA) is 30.5 Å². The number of halogens is 2. The fourth-order valence-electron chi connectivity index (χ4n) is 1.92. The van der Waals surface area contributed by atoms with E-state index in [1.807, 2.05) is 12.1 Å². The first-order chi connectivity index (χ1) is 9.70. The highest BCUT2D eigenvalue weighted by molar-refractivity contribution is 9.10. The Balaban J connectivity index is 2.61. The highest BCUT2D eigenvalue weighted by Crippen LogP contribution is 2.25. The van der Waals surface area contributed by atoms with Gasteiger partial charge < -0.3 is 14.8 Å². The summed E-state index contributed by atoms with van der Waals surface area (Å²) < 4.78 is 25.1. The molecule has 0 aliphatic rings. The van der Waals surface area contributed by atoms with Crippen molar-refractivity contribution in [3.8, 4) is 0 Å².